The Bertz CT molecular complexity index is 529. The molecular weight excluding hydrogens is 255 g/mol. The molecule has 2 N–H and O–H groups in total. The van der Waals surface area contributed by atoms with Crippen LogP contribution in [0.15, 0.2) is 11.0 Å². The number of halogens is 3. The number of hydrogen-bond donors (Lipinski definition) is 1. The summed E-state index contributed by atoms with van der Waals surface area (Å²) in [6, 6.07) is 0.699. The lowest BCUT2D eigenvalue weighted by Gasteiger charge is -2.08. The Balaban J connectivity index is 3.37. The summed E-state index contributed by atoms with van der Waals surface area (Å²) in [7, 11) is -4.14. The van der Waals surface area contributed by atoms with Crippen LogP contribution in [0.2, 0.25) is 0 Å². The van der Waals surface area contributed by atoms with Crippen molar-refractivity contribution in [3.63, 3.8) is 0 Å². The number of hydrogen-bond acceptors (Lipinski definition) is 3. The van der Waals surface area contributed by atoms with Crippen molar-refractivity contribution in [3.05, 3.63) is 29.1 Å². The van der Waals surface area contributed by atoms with Crippen LogP contribution >= 0.6 is 0 Å². The fourth-order valence-corrected chi connectivity index (χ4v) is 2.27. The predicted molar refractivity (Wildman–Crippen MR) is 56.8 cm³/mol. The smallest absolute Gasteiger partial charge is 0.181 e. The van der Waals surface area contributed by atoms with Crippen molar-refractivity contribution in [2.45, 2.75) is 17.7 Å². The molecule has 0 saturated carbocycles. The van der Waals surface area contributed by atoms with Gasteiger partial charge >= 0.3 is 0 Å². The Kier molecular flexibility index (Phi) is 4.16. The molecule has 96 valence electrons. The zero-order valence-corrected chi connectivity index (χ0v) is 9.95. The molecule has 0 amide bonds. The van der Waals surface area contributed by atoms with E-state index in [-0.39, 0.29) is 18.5 Å². The number of aryl methyl sites for hydroxylation is 1. The standard InChI is InChI=1S/C10H12F3NO2S/c1-17(15,16)10-7(11)5-6(3-2-4-14)8(12)9(10)13/h5H,2-4,14H2,1H3. The van der Waals surface area contributed by atoms with Crippen LogP contribution < -0.4 is 5.73 Å². The van der Waals surface area contributed by atoms with Crippen LogP contribution in [0, 0.1) is 17.5 Å². The second-order valence-corrected chi connectivity index (χ2v) is 5.59. The quantitative estimate of drug-likeness (QED) is 0.839. The molecule has 0 atom stereocenters. The Morgan fingerprint density at radius 2 is 1.82 bits per heavy atom. The summed E-state index contributed by atoms with van der Waals surface area (Å²) in [5.41, 5.74) is 4.99. The Morgan fingerprint density at radius 3 is 2.29 bits per heavy atom. The lowest BCUT2D eigenvalue weighted by atomic mass is 10.1. The van der Waals surface area contributed by atoms with Crippen molar-refractivity contribution < 1.29 is 21.6 Å². The highest BCUT2D eigenvalue weighted by molar-refractivity contribution is 7.90. The van der Waals surface area contributed by atoms with Gasteiger partial charge in [-0.15, -0.1) is 0 Å². The first-order valence-corrected chi connectivity index (χ1v) is 6.74. The van der Waals surface area contributed by atoms with Gasteiger partial charge in [-0.05, 0) is 31.0 Å². The van der Waals surface area contributed by atoms with Gasteiger partial charge in [-0.25, -0.2) is 21.6 Å². The van der Waals surface area contributed by atoms with Crippen molar-refractivity contribution >= 4 is 9.84 Å². The van der Waals surface area contributed by atoms with Crippen molar-refractivity contribution in [1.82, 2.24) is 0 Å². The lowest BCUT2D eigenvalue weighted by molar-refractivity contribution is 0.450. The highest BCUT2D eigenvalue weighted by Crippen LogP contribution is 2.24. The van der Waals surface area contributed by atoms with Crippen LogP contribution in [-0.4, -0.2) is 21.2 Å². The van der Waals surface area contributed by atoms with Gasteiger partial charge in [-0.2, -0.15) is 0 Å². The highest BCUT2D eigenvalue weighted by Gasteiger charge is 2.25. The molecule has 0 saturated heterocycles. The molecule has 0 aliphatic rings. The minimum absolute atomic E-state index is 0.0558. The maximum atomic E-state index is 13.4. The molecule has 0 aliphatic heterocycles. The summed E-state index contributed by atoms with van der Waals surface area (Å²) in [6.45, 7) is 0.247. The maximum Gasteiger partial charge on any atom is 0.181 e. The molecule has 0 aliphatic carbocycles. The van der Waals surface area contributed by atoms with Gasteiger partial charge in [-0.3, -0.25) is 0 Å². The van der Waals surface area contributed by atoms with Crippen LogP contribution in [0.3, 0.4) is 0 Å². The van der Waals surface area contributed by atoms with Crippen LogP contribution in [0.5, 0.6) is 0 Å². The molecule has 1 aromatic rings. The van der Waals surface area contributed by atoms with Gasteiger partial charge in [0.25, 0.3) is 0 Å². The van der Waals surface area contributed by atoms with Crippen molar-refractivity contribution in [2.24, 2.45) is 5.73 Å². The summed E-state index contributed by atoms with van der Waals surface area (Å²) in [5.74, 6) is -4.28. The van der Waals surface area contributed by atoms with Crippen LogP contribution in [0.4, 0.5) is 13.2 Å². The predicted octanol–water partition coefficient (Wildman–Crippen LogP) is 1.40. The van der Waals surface area contributed by atoms with E-state index >= 15 is 0 Å². The first kappa shape index (κ1) is 14.0. The molecule has 0 bridgehead atoms. The first-order valence-electron chi connectivity index (χ1n) is 4.85. The SMILES string of the molecule is CS(=O)(=O)c1c(F)cc(CCCN)c(F)c1F. The van der Waals surface area contributed by atoms with Gasteiger partial charge in [0.2, 0.25) is 0 Å². The van der Waals surface area contributed by atoms with E-state index in [9.17, 15) is 21.6 Å². The van der Waals surface area contributed by atoms with Gasteiger partial charge in [0, 0.05) is 6.26 Å². The number of nitrogens with two attached hydrogens (primary N) is 1. The fraction of sp³-hybridized carbons (Fsp3) is 0.400. The van der Waals surface area contributed by atoms with Crippen LogP contribution in [0.1, 0.15) is 12.0 Å². The molecule has 0 radical (unpaired) electrons. The molecule has 0 spiro atoms. The van der Waals surface area contributed by atoms with E-state index in [2.05, 4.69) is 0 Å². The monoisotopic (exact) mass is 267 g/mol. The molecule has 0 heterocycles. The fourth-order valence-electron chi connectivity index (χ4n) is 1.44. The number of sulfone groups is 1. The molecule has 1 aromatic carbocycles. The minimum atomic E-state index is -4.14. The average Bonchev–Trinajstić information content (AvgIpc) is 2.19. The molecule has 1 rings (SSSR count). The van der Waals surface area contributed by atoms with E-state index in [1.165, 1.54) is 0 Å². The third-order valence-electron chi connectivity index (χ3n) is 2.21. The van der Waals surface area contributed by atoms with Crippen molar-refractivity contribution in [1.29, 1.82) is 0 Å². The van der Waals surface area contributed by atoms with Gasteiger partial charge in [-0.1, -0.05) is 0 Å². The van der Waals surface area contributed by atoms with Crippen LogP contribution in [-0.2, 0) is 16.3 Å². The largest absolute Gasteiger partial charge is 0.330 e. The zero-order chi connectivity index (χ0) is 13.2. The summed E-state index contributed by atoms with van der Waals surface area (Å²) >= 11 is 0. The van der Waals surface area contributed by atoms with E-state index in [0.29, 0.717) is 18.7 Å². The lowest BCUT2D eigenvalue weighted by Crippen LogP contribution is -2.10. The first-order chi connectivity index (χ1) is 7.79. The summed E-state index contributed by atoms with van der Waals surface area (Å²) < 4.78 is 62.4. The molecule has 0 aromatic heterocycles. The second-order valence-electron chi connectivity index (χ2n) is 3.64. The summed E-state index contributed by atoms with van der Waals surface area (Å²) in [4.78, 5) is -1.23. The normalized spacial score (nSPS) is 11.8. The van der Waals surface area contributed by atoms with E-state index in [1.54, 1.807) is 0 Å². The molecular formula is C10H12F3NO2S. The summed E-state index contributed by atoms with van der Waals surface area (Å²) in [6.07, 6.45) is 1.03. The van der Waals surface area contributed by atoms with E-state index < -0.39 is 32.2 Å². The average molecular weight is 267 g/mol. The van der Waals surface area contributed by atoms with E-state index in [1.807, 2.05) is 0 Å². The third kappa shape index (κ3) is 2.98. The Morgan fingerprint density at radius 1 is 1.24 bits per heavy atom. The van der Waals surface area contributed by atoms with Crippen molar-refractivity contribution in [2.75, 3.05) is 12.8 Å². The topological polar surface area (TPSA) is 60.2 Å². The van der Waals surface area contributed by atoms with Gasteiger partial charge in [0.15, 0.2) is 21.5 Å². The number of rotatable bonds is 4. The molecule has 3 nitrogen and oxygen atoms in total. The molecule has 0 unspecified atom stereocenters. The molecule has 7 heteroatoms. The van der Waals surface area contributed by atoms with Crippen molar-refractivity contribution in [3.8, 4) is 0 Å². The Labute approximate surface area is 97.4 Å². The zero-order valence-electron chi connectivity index (χ0n) is 9.13. The third-order valence-corrected chi connectivity index (χ3v) is 3.33. The summed E-state index contributed by atoms with van der Waals surface area (Å²) in [5, 5.41) is 0. The maximum absolute atomic E-state index is 13.4. The molecule has 17 heavy (non-hydrogen) atoms. The van der Waals surface area contributed by atoms with Gasteiger partial charge in [0.1, 0.15) is 10.7 Å². The second kappa shape index (κ2) is 5.05. The van der Waals surface area contributed by atoms with E-state index in [4.69, 9.17) is 5.73 Å². The number of benzene rings is 1. The molecule has 0 fully saturated rings. The van der Waals surface area contributed by atoms with Gasteiger partial charge in [0.05, 0.1) is 0 Å². The Hall–Kier alpha value is -1.08. The van der Waals surface area contributed by atoms with Gasteiger partial charge < -0.3 is 5.73 Å². The van der Waals surface area contributed by atoms with E-state index in [0.717, 1.165) is 0 Å². The highest BCUT2D eigenvalue weighted by atomic mass is 32.2. The van der Waals surface area contributed by atoms with Crippen LogP contribution in [0.25, 0.3) is 0 Å². The minimum Gasteiger partial charge on any atom is -0.330 e.